The van der Waals surface area contributed by atoms with Crippen molar-refractivity contribution in [2.75, 3.05) is 0 Å². The van der Waals surface area contributed by atoms with Crippen LogP contribution in [0.15, 0.2) is 54.6 Å². The Bertz CT molecular complexity index is 583. The third kappa shape index (κ3) is 4.59. The lowest BCUT2D eigenvalue weighted by atomic mass is 10.0. The average molecular weight is 303 g/mol. The van der Waals surface area contributed by atoms with E-state index in [1.54, 1.807) is 0 Å². The van der Waals surface area contributed by atoms with Gasteiger partial charge in [0.15, 0.2) is 0 Å². The van der Waals surface area contributed by atoms with E-state index in [9.17, 15) is 4.79 Å². The predicted octanol–water partition coefficient (Wildman–Crippen LogP) is 3.09. The number of carbonyl (C=O) groups is 1. The van der Waals surface area contributed by atoms with Crippen molar-refractivity contribution in [3.05, 3.63) is 70.7 Å². The van der Waals surface area contributed by atoms with Crippen molar-refractivity contribution < 1.29 is 4.79 Å². The average Bonchev–Trinajstić information content (AvgIpc) is 2.48. The molecular weight excluding hydrogens is 284 g/mol. The van der Waals surface area contributed by atoms with E-state index in [2.05, 4.69) is 5.32 Å². The molecule has 0 aliphatic heterocycles. The van der Waals surface area contributed by atoms with Gasteiger partial charge in [-0.1, -0.05) is 54.1 Å². The normalized spacial score (nSPS) is 13.5. The van der Waals surface area contributed by atoms with Gasteiger partial charge in [0.1, 0.15) is 0 Å². The maximum absolute atomic E-state index is 12.1. The van der Waals surface area contributed by atoms with Gasteiger partial charge in [0.25, 0.3) is 0 Å². The van der Waals surface area contributed by atoms with E-state index in [-0.39, 0.29) is 11.9 Å². The first-order valence-corrected chi connectivity index (χ1v) is 7.29. The Morgan fingerprint density at radius 3 is 2.38 bits per heavy atom. The zero-order chi connectivity index (χ0) is 15.2. The van der Waals surface area contributed by atoms with Gasteiger partial charge in [0.2, 0.25) is 5.91 Å². The van der Waals surface area contributed by atoms with Crippen LogP contribution in [-0.4, -0.2) is 11.9 Å². The monoisotopic (exact) mass is 302 g/mol. The van der Waals surface area contributed by atoms with E-state index in [4.69, 9.17) is 17.3 Å². The highest BCUT2D eigenvalue weighted by atomic mass is 35.5. The Hall–Kier alpha value is -1.84. The molecule has 3 nitrogen and oxygen atoms in total. The number of nitrogens with two attached hydrogens (primary N) is 1. The van der Waals surface area contributed by atoms with E-state index in [0.717, 1.165) is 11.1 Å². The summed E-state index contributed by atoms with van der Waals surface area (Å²) in [6.07, 6.45) is 0.528. The van der Waals surface area contributed by atoms with Gasteiger partial charge in [-0.25, -0.2) is 0 Å². The molecule has 1 amide bonds. The minimum Gasteiger partial charge on any atom is -0.348 e. The van der Waals surface area contributed by atoms with Crippen LogP contribution in [0.1, 0.15) is 24.1 Å². The Morgan fingerprint density at radius 1 is 1.14 bits per heavy atom. The first-order chi connectivity index (χ1) is 10.1. The zero-order valence-electron chi connectivity index (χ0n) is 11.9. The molecule has 2 aromatic carbocycles. The lowest BCUT2D eigenvalue weighted by molar-refractivity contribution is -0.123. The molecule has 0 aliphatic carbocycles. The molecule has 2 atom stereocenters. The largest absolute Gasteiger partial charge is 0.348 e. The molecule has 0 aromatic heterocycles. The number of halogens is 1. The van der Waals surface area contributed by atoms with Gasteiger partial charge in [-0.15, -0.1) is 0 Å². The summed E-state index contributed by atoms with van der Waals surface area (Å²) >= 11 is 5.86. The summed E-state index contributed by atoms with van der Waals surface area (Å²) in [6, 6.07) is 16.5. The minimum absolute atomic E-state index is 0.100. The van der Waals surface area contributed by atoms with E-state index in [0.29, 0.717) is 11.4 Å². The second-order valence-corrected chi connectivity index (χ2v) is 5.51. The number of nitrogens with one attached hydrogen (secondary N) is 1. The van der Waals surface area contributed by atoms with Crippen LogP contribution in [0.5, 0.6) is 0 Å². The lowest BCUT2D eigenvalue weighted by Crippen LogP contribution is -2.42. The van der Waals surface area contributed by atoms with Crippen molar-refractivity contribution in [1.29, 1.82) is 0 Å². The van der Waals surface area contributed by atoms with Gasteiger partial charge in [-0.05, 0) is 36.6 Å². The number of carbonyl (C=O) groups excluding carboxylic acids is 1. The van der Waals surface area contributed by atoms with Crippen molar-refractivity contribution in [3.63, 3.8) is 0 Å². The van der Waals surface area contributed by atoms with Crippen molar-refractivity contribution in [1.82, 2.24) is 5.32 Å². The topological polar surface area (TPSA) is 55.1 Å². The zero-order valence-corrected chi connectivity index (χ0v) is 12.7. The maximum atomic E-state index is 12.1. The van der Waals surface area contributed by atoms with Crippen LogP contribution in [0.4, 0.5) is 0 Å². The lowest BCUT2D eigenvalue weighted by Gasteiger charge is -2.18. The second kappa shape index (κ2) is 7.25. The van der Waals surface area contributed by atoms with Gasteiger partial charge in [0, 0.05) is 5.02 Å². The molecule has 0 spiro atoms. The minimum atomic E-state index is -0.554. The fourth-order valence-corrected chi connectivity index (χ4v) is 2.24. The molecule has 0 aliphatic rings. The predicted molar refractivity (Wildman–Crippen MR) is 86.1 cm³/mol. The summed E-state index contributed by atoms with van der Waals surface area (Å²) in [5, 5.41) is 3.61. The number of rotatable bonds is 5. The van der Waals surface area contributed by atoms with E-state index >= 15 is 0 Å². The Morgan fingerprint density at radius 2 is 1.76 bits per heavy atom. The summed E-state index contributed by atoms with van der Waals surface area (Å²) in [7, 11) is 0. The van der Waals surface area contributed by atoms with Gasteiger partial charge in [-0.2, -0.15) is 0 Å². The molecule has 3 N–H and O–H groups in total. The number of amides is 1. The first-order valence-electron chi connectivity index (χ1n) is 6.91. The molecule has 0 fully saturated rings. The molecule has 0 radical (unpaired) electrons. The SMILES string of the molecule is C[C@H](NC(=O)C(N)Cc1ccccc1)c1ccc(Cl)cc1. The molecule has 2 aromatic rings. The van der Waals surface area contributed by atoms with Gasteiger partial charge < -0.3 is 11.1 Å². The molecule has 110 valence electrons. The summed E-state index contributed by atoms with van der Waals surface area (Å²) in [5.74, 6) is -0.152. The van der Waals surface area contributed by atoms with Gasteiger partial charge in [0.05, 0.1) is 12.1 Å². The highest BCUT2D eigenvalue weighted by molar-refractivity contribution is 6.30. The van der Waals surface area contributed by atoms with Crippen molar-refractivity contribution in [2.24, 2.45) is 5.73 Å². The number of benzene rings is 2. The van der Waals surface area contributed by atoms with Crippen molar-refractivity contribution in [3.8, 4) is 0 Å². The van der Waals surface area contributed by atoms with Crippen molar-refractivity contribution in [2.45, 2.75) is 25.4 Å². The van der Waals surface area contributed by atoms with Crippen molar-refractivity contribution >= 4 is 17.5 Å². The van der Waals surface area contributed by atoms with Gasteiger partial charge in [-0.3, -0.25) is 4.79 Å². The second-order valence-electron chi connectivity index (χ2n) is 5.08. The molecule has 1 unspecified atom stereocenters. The molecular formula is C17H19ClN2O. The Balaban J connectivity index is 1.92. The molecule has 0 heterocycles. The molecule has 0 saturated heterocycles. The highest BCUT2D eigenvalue weighted by Crippen LogP contribution is 2.16. The molecule has 2 rings (SSSR count). The summed E-state index contributed by atoms with van der Waals surface area (Å²) in [4.78, 5) is 12.1. The van der Waals surface area contributed by atoms with Crippen LogP contribution in [0.25, 0.3) is 0 Å². The summed E-state index contributed by atoms with van der Waals surface area (Å²) < 4.78 is 0. The summed E-state index contributed by atoms with van der Waals surface area (Å²) in [5.41, 5.74) is 8.02. The quantitative estimate of drug-likeness (QED) is 0.892. The molecule has 0 saturated carbocycles. The van der Waals surface area contributed by atoms with E-state index in [1.807, 2.05) is 61.5 Å². The van der Waals surface area contributed by atoms with E-state index < -0.39 is 6.04 Å². The van der Waals surface area contributed by atoms with Crippen LogP contribution in [0.2, 0.25) is 5.02 Å². The molecule has 0 bridgehead atoms. The van der Waals surface area contributed by atoms with Crippen LogP contribution in [0.3, 0.4) is 0 Å². The van der Waals surface area contributed by atoms with Crippen LogP contribution in [-0.2, 0) is 11.2 Å². The smallest absolute Gasteiger partial charge is 0.237 e. The fourth-order valence-electron chi connectivity index (χ4n) is 2.12. The molecule has 4 heteroatoms. The number of hydrogen-bond donors (Lipinski definition) is 2. The van der Waals surface area contributed by atoms with Crippen LogP contribution >= 0.6 is 11.6 Å². The maximum Gasteiger partial charge on any atom is 0.237 e. The fraction of sp³-hybridized carbons (Fsp3) is 0.235. The van der Waals surface area contributed by atoms with Crippen LogP contribution < -0.4 is 11.1 Å². The Labute approximate surface area is 130 Å². The Kier molecular flexibility index (Phi) is 5.37. The summed E-state index contributed by atoms with van der Waals surface area (Å²) in [6.45, 7) is 1.93. The molecule has 21 heavy (non-hydrogen) atoms. The third-order valence-electron chi connectivity index (χ3n) is 3.36. The van der Waals surface area contributed by atoms with Crippen LogP contribution in [0, 0.1) is 0 Å². The number of hydrogen-bond acceptors (Lipinski definition) is 2. The highest BCUT2D eigenvalue weighted by Gasteiger charge is 2.16. The van der Waals surface area contributed by atoms with E-state index in [1.165, 1.54) is 0 Å². The first kappa shape index (κ1) is 15.5. The third-order valence-corrected chi connectivity index (χ3v) is 3.62. The van der Waals surface area contributed by atoms with Gasteiger partial charge >= 0.3 is 0 Å². The standard InChI is InChI=1S/C17H19ClN2O/c1-12(14-7-9-15(18)10-8-14)20-17(21)16(19)11-13-5-3-2-4-6-13/h2-10,12,16H,11,19H2,1H3,(H,20,21)/t12-,16?/m0/s1.